The van der Waals surface area contributed by atoms with Crippen molar-refractivity contribution < 1.29 is 9.47 Å². The fourth-order valence-electron chi connectivity index (χ4n) is 2.78. The highest BCUT2D eigenvalue weighted by Crippen LogP contribution is 2.41. The van der Waals surface area contributed by atoms with E-state index in [0.29, 0.717) is 6.73 Å². The monoisotopic (exact) mass is 335 g/mol. The minimum absolute atomic E-state index is 0.301. The van der Waals surface area contributed by atoms with Gasteiger partial charge in [-0.15, -0.1) is 0 Å². The highest BCUT2D eigenvalue weighted by Gasteiger charge is 2.32. The number of rotatable bonds is 3. The first-order valence-electron chi connectivity index (χ1n) is 6.70. The Morgan fingerprint density at radius 3 is 3.05 bits per heavy atom. The third-order valence-corrected chi connectivity index (χ3v) is 4.46. The van der Waals surface area contributed by atoms with E-state index in [9.17, 15) is 0 Å². The van der Waals surface area contributed by atoms with Crippen LogP contribution in [-0.2, 0) is 17.9 Å². The molecule has 3 nitrogen and oxygen atoms in total. The van der Waals surface area contributed by atoms with Gasteiger partial charge in [0, 0.05) is 22.5 Å². The second-order valence-electron chi connectivity index (χ2n) is 5.41. The molecule has 0 amide bonds. The van der Waals surface area contributed by atoms with Crippen LogP contribution in [0.15, 0.2) is 35.3 Å². The lowest BCUT2D eigenvalue weighted by Crippen LogP contribution is -2.34. The van der Waals surface area contributed by atoms with Gasteiger partial charge in [-0.2, -0.15) is 0 Å². The van der Waals surface area contributed by atoms with E-state index < -0.39 is 0 Å². The molecule has 3 rings (SSSR count). The highest BCUT2D eigenvalue weighted by atomic mass is 79.9. The molecular weight excluding hydrogens is 318 g/mol. The zero-order valence-corrected chi connectivity index (χ0v) is 13.4. The summed E-state index contributed by atoms with van der Waals surface area (Å²) in [7, 11) is 1.70. The van der Waals surface area contributed by atoms with Crippen molar-refractivity contribution in [1.82, 2.24) is 4.57 Å². The summed E-state index contributed by atoms with van der Waals surface area (Å²) in [6.45, 7) is 6.46. The number of halogens is 1. The average Bonchev–Trinajstić information content (AvgIpc) is 2.72. The van der Waals surface area contributed by atoms with Crippen molar-refractivity contribution in [3.8, 4) is 5.88 Å². The highest BCUT2D eigenvalue weighted by molar-refractivity contribution is 9.10. The van der Waals surface area contributed by atoms with Crippen LogP contribution in [0.3, 0.4) is 0 Å². The molecule has 0 radical (unpaired) electrons. The lowest BCUT2D eigenvalue weighted by Gasteiger charge is -2.32. The predicted octanol–water partition coefficient (Wildman–Crippen LogP) is 4.28. The molecule has 1 aromatic heterocycles. The number of aromatic nitrogens is 1. The van der Waals surface area contributed by atoms with Crippen LogP contribution in [0.25, 0.3) is 10.9 Å². The number of fused-ring (bicyclic) bond motifs is 3. The third-order valence-electron chi connectivity index (χ3n) is 3.97. The Morgan fingerprint density at radius 2 is 2.35 bits per heavy atom. The van der Waals surface area contributed by atoms with Crippen LogP contribution >= 0.6 is 15.9 Å². The van der Waals surface area contributed by atoms with Crippen molar-refractivity contribution in [2.24, 2.45) is 0 Å². The van der Waals surface area contributed by atoms with Crippen molar-refractivity contribution in [3.63, 3.8) is 0 Å². The minimum atomic E-state index is -0.301. The Bertz CT molecular complexity index is 677. The standard InChI is InChI=1S/C16H18BrNO2/c1-4-16(2)8-7-13-12-6-5-11(17)9-14(12)18(10-19-3)15(13)20-16/h4-6,9H,1,7-8,10H2,2-3H3. The molecule has 1 aromatic carbocycles. The Balaban J connectivity index is 2.24. The zero-order valence-electron chi connectivity index (χ0n) is 11.8. The molecule has 20 heavy (non-hydrogen) atoms. The van der Waals surface area contributed by atoms with Gasteiger partial charge in [0.25, 0.3) is 0 Å². The number of benzene rings is 1. The lowest BCUT2D eigenvalue weighted by molar-refractivity contribution is 0.0775. The molecule has 0 saturated heterocycles. The summed E-state index contributed by atoms with van der Waals surface area (Å²) in [5.74, 6) is 0.911. The van der Waals surface area contributed by atoms with Gasteiger partial charge < -0.3 is 9.47 Å². The summed E-state index contributed by atoms with van der Waals surface area (Å²) in [4.78, 5) is 0. The summed E-state index contributed by atoms with van der Waals surface area (Å²) >= 11 is 3.54. The fourth-order valence-corrected chi connectivity index (χ4v) is 3.12. The van der Waals surface area contributed by atoms with Crippen LogP contribution < -0.4 is 4.74 Å². The van der Waals surface area contributed by atoms with E-state index in [-0.39, 0.29) is 5.60 Å². The molecule has 0 bridgehead atoms. The molecule has 2 heterocycles. The largest absolute Gasteiger partial charge is 0.468 e. The molecule has 4 heteroatoms. The van der Waals surface area contributed by atoms with E-state index in [1.165, 1.54) is 10.9 Å². The number of hydrogen-bond donors (Lipinski definition) is 0. The zero-order chi connectivity index (χ0) is 14.3. The first-order chi connectivity index (χ1) is 9.58. The van der Waals surface area contributed by atoms with Crippen molar-refractivity contribution in [2.45, 2.75) is 32.1 Å². The Labute approximate surface area is 127 Å². The van der Waals surface area contributed by atoms with Crippen LogP contribution in [0.1, 0.15) is 18.9 Å². The average molecular weight is 336 g/mol. The third kappa shape index (κ3) is 2.07. The Kier molecular flexibility index (Phi) is 3.38. The number of aryl methyl sites for hydroxylation is 1. The lowest BCUT2D eigenvalue weighted by atomic mass is 9.93. The summed E-state index contributed by atoms with van der Waals surface area (Å²) in [5.41, 5.74) is 2.10. The van der Waals surface area contributed by atoms with E-state index in [1.807, 2.05) is 6.08 Å². The molecule has 0 aliphatic carbocycles. The molecule has 1 unspecified atom stereocenters. The second kappa shape index (κ2) is 4.93. The van der Waals surface area contributed by atoms with Crippen molar-refractivity contribution in [1.29, 1.82) is 0 Å². The molecule has 2 aromatic rings. The number of hydrogen-bond acceptors (Lipinski definition) is 2. The van der Waals surface area contributed by atoms with E-state index in [0.717, 1.165) is 28.7 Å². The molecule has 106 valence electrons. The van der Waals surface area contributed by atoms with Gasteiger partial charge in [0.1, 0.15) is 12.3 Å². The number of ether oxygens (including phenoxy) is 2. The maximum atomic E-state index is 6.23. The maximum Gasteiger partial charge on any atom is 0.200 e. The molecule has 1 aliphatic rings. The molecular formula is C16H18BrNO2. The summed E-state index contributed by atoms with van der Waals surface area (Å²) < 4.78 is 14.7. The van der Waals surface area contributed by atoms with Gasteiger partial charge in [0.15, 0.2) is 0 Å². The van der Waals surface area contributed by atoms with E-state index in [4.69, 9.17) is 9.47 Å². The summed E-state index contributed by atoms with van der Waals surface area (Å²) in [6.07, 6.45) is 3.83. The maximum absolute atomic E-state index is 6.23. The summed E-state index contributed by atoms with van der Waals surface area (Å²) in [6, 6.07) is 6.33. The van der Waals surface area contributed by atoms with Crippen LogP contribution in [0.4, 0.5) is 0 Å². The van der Waals surface area contributed by atoms with Gasteiger partial charge in [0.2, 0.25) is 5.88 Å². The van der Waals surface area contributed by atoms with Crippen LogP contribution in [0.5, 0.6) is 5.88 Å². The van der Waals surface area contributed by atoms with Gasteiger partial charge in [-0.1, -0.05) is 28.6 Å². The first-order valence-corrected chi connectivity index (χ1v) is 7.49. The summed E-state index contributed by atoms with van der Waals surface area (Å²) in [5, 5.41) is 1.24. The molecule has 0 N–H and O–H groups in total. The molecule has 0 saturated carbocycles. The van der Waals surface area contributed by atoms with Crippen molar-refractivity contribution in [3.05, 3.63) is 40.9 Å². The predicted molar refractivity (Wildman–Crippen MR) is 84.2 cm³/mol. The first kappa shape index (κ1) is 13.7. The molecule has 1 atom stereocenters. The Hall–Kier alpha value is -1.26. The van der Waals surface area contributed by atoms with Gasteiger partial charge in [-0.05, 0) is 38.0 Å². The van der Waals surface area contributed by atoms with Crippen LogP contribution in [-0.4, -0.2) is 17.3 Å². The van der Waals surface area contributed by atoms with Gasteiger partial charge >= 0.3 is 0 Å². The van der Waals surface area contributed by atoms with Crippen molar-refractivity contribution in [2.75, 3.05) is 7.11 Å². The van der Waals surface area contributed by atoms with E-state index >= 15 is 0 Å². The van der Waals surface area contributed by atoms with Gasteiger partial charge in [-0.25, -0.2) is 0 Å². The molecule has 0 fully saturated rings. The Morgan fingerprint density at radius 1 is 1.55 bits per heavy atom. The van der Waals surface area contributed by atoms with E-state index in [1.54, 1.807) is 7.11 Å². The van der Waals surface area contributed by atoms with Gasteiger partial charge in [-0.3, -0.25) is 4.57 Å². The smallest absolute Gasteiger partial charge is 0.200 e. The molecule has 1 aliphatic heterocycles. The fraction of sp³-hybridized carbons (Fsp3) is 0.375. The number of nitrogens with zero attached hydrogens (tertiary/aromatic N) is 1. The van der Waals surface area contributed by atoms with Crippen LogP contribution in [0.2, 0.25) is 0 Å². The SMILES string of the molecule is C=CC1(C)CCc2c(n(COC)c3cc(Br)ccc23)O1. The number of methoxy groups -OCH3 is 1. The second-order valence-corrected chi connectivity index (χ2v) is 6.33. The van der Waals surface area contributed by atoms with Crippen molar-refractivity contribution >= 4 is 26.8 Å². The van der Waals surface area contributed by atoms with Gasteiger partial charge in [0.05, 0.1) is 5.52 Å². The quantitative estimate of drug-likeness (QED) is 0.781. The molecule has 0 spiro atoms. The minimum Gasteiger partial charge on any atom is -0.468 e. The topological polar surface area (TPSA) is 23.4 Å². The van der Waals surface area contributed by atoms with Crippen LogP contribution in [0, 0.1) is 0 Å². The normalized spacial score (nSPS) is 21.6. The van der Waals surface area contributed by atoms with E-state index in [2.05, 4.69) is 52.2 Å².